The van der Waals surface area contributed by atoms with E-state index in [9.17, 15) is 12.8 Å². The number of hydrogen-bond donors (Lipinski definition) is 0. The second kappa shape index (κ2) is 6.20. The topological polar surface area (TPSA) is 57.9 Å². The van der Waals surface area contributed by atoms with Gasteiger partial charge < -0.3 is 0 Å². The van der Waals surface area contributed by atoms with Crippen molar-refractivity contribution >= 4 is 31.8 Å². The monoisotopic (exact) mass is 365 g/mol. The van der Waals surface area contributed by atoms with E-state index in [0.717, 1.165) is 6.08 Å². The van der Waals surface area contributed by atoms with Gasteiger partial charge in [0.2, 0.25) is 9.84 Å². The fourth-order valence-electron chi connectivity index (χ4n) is 1.66. The Labute approximate surface area is 130 Å². The molecule has 6 heteroatoms. The molecule has 2 rings (SSSR count). The molecule has 0 aliphatic rings. The van der Waals surface area contributed by atoms with Crippen LogP contribution in [0.4, 0.5) is 4.39 Å². The molecule has 0 amide bonds. The molecule has 106 valence electrons. The molecule has 0 spiro atoms. The molecule has 0 heterocycles. The molecule has 2 aromatic carbocycles. The lowest BCUT2D eigenvalue weighted by molar-refractivity contribution is 0.603. The minimum absolute atomic E-state index is 0.00433. The summed E-state index contributed by atoms with van der Waals surface area (Å²) in [4.78, 5) is -0.509. The summed E-state index contributed by atoms with van der Waals surface area (Å²) < 4.78 is 38.9. The number of nitriles is 1. The van der Waals surface area contributed by atoms with E-state index in [0.29, 0.717) is 4.47 Å². The lowest BCUT2D eigenvalue weighted by atomic mass is 10.2. The van der Waals surface area contributed by atoms with Crippen LogP contribution >= 0.6 is 15.9 Å². The van der Waals surface area contributed by atoms with Crippen LogP contribution in [0, 0.1) is 17.1 Å². The summed E-state index contributed by atoms with van der Waals surface area (Å²) in [7, 11) is -3.95. The van der Waals surface area contributed by atoms with Crippen molar-refractivity contribution in [3.05, 3.63) is 69.3 Å². The zero-order valence-corrected chi connectivity index (χ0v) is 13.0. The van der Waals surface area contributed by atoms with E-state index in [1.165, 1.54) is 24.3 Å². The van der Waals surface area contributed by atoms with Crippen LogP contribution in [0.15, 0.2) is 62.8 Å². The van der Waals surface area contributed by atoms with Gasteiger partial charge in [-0.2, -0.15) is 5.26 Å². The van der Waals surface area contributed by atoms with Crippen molar-refractivity contribution in [3.63, 3.8) is 0 Å². The highest BCUT2D eigenvalue weighted by atomic mass is 79.9. The third kappa shape index (κ3) is 3.38. The lowest BCUT2D eigenvalue weighted by Gasteiger charge is -2.03. The van der Waals surface area contributed by atoms with Crippen molar-refractivity contribution < 1.29 is 12.8 Å². The average Bonchev–Trinajstić information content (AvgIpc) is 2.47. The van der Waals surface area contributed by atoms with Gasteiger partial charge in [-0.05, 0) is 30.3 Å². The van der Waals surface area contributed by atoms with Crippen LogP contribution in [-0.2, 0) is 9.84 Å². The van der Waals surface area contributed by atoms with Gasteiger partial charge in [0.25, 0.3) is 0 Å². The van der Waals surface area contributed by atoms with Crippen molar-refractivity contribution in [2.45, 2.75) is 4.90 Å². The molecule has 0 bridgehead atoms. The second-order valence-electron chi connectivity index (χ2n) is 4.10. The lowest BCUT2D eigenvalue weighted by Crippen LogP contribution is -2.03. The minimum Gasteiger partial charge on any atom is -0.218 e. The molecular weight excluding hydrogens is 357 g/mol. The van der Waals surface area contributed by atoms with E-state index in [1.807, 2.05) is 0 Å². The van der Waals surface area contributed by atoms with Gasteiger partial charge in [0.1, 0.15) is 16.8 Å². The van der Waals surface area contributed by atoms with E-state index in [-0.39, 0.29) is 10.5 Å². The summed E-state index contributed by atoms with van der Waals surface area (Å²) in [5, 5.41) is 9.10. The van der Waals surface area contributed by atoms with Crippen LogP contribution in [0.25, 0.3) is 6.08 Å². The molecule has 0 aliphatic heterocycles. The van der Waals surface area contributed by atoms with Crippen LogP contribution in [0.1, 0.15) is 5.56 Å². The molecule has 3 nitrogen and oxygen atoms in total. The fraction of sp³-hybridized carbons (Fsp3) is 0. The Kier molecular flexibility index (Phi) is 4.56. The predicted octanol–water partition coefficient (Wildman–Crippen LogP) is 3.93. The Morgan fingerprint density at radius 3 is 2.43 bits per heavy atom. The molecule has 0 saturated heterocycles. The van der Waals surface area contributed by atoms with Crippen LogP contribution in [0.3, 0.4) is 0 Å². The van der Waals surface area contributed by atoms with Crippen LogP contribution in [-0.4, -0.2) is 8.42 Å². The Hall–Kier alpha value is -1.97. The van der Waals surface area contributed by atoms with Crippen LogP contribution in [0.5, 0.6) is 0 Å². The molecule has 2 aromatic rings. The Morgan fingerprint density at radius 2 is 1.86 bits per heavy atom. The van der Waals surface area contributed by atoms with Gasteiger partial charge in [0.15, 0.2) is 0 Å². The van der Waals surface area contributed by atoms with E-state index in [2.05, 4.69) is 15.9 Å². The summed E-state index contributed by atoms with van der Waals surface area (Å²) in [5.74, 6) is -0.611. The molecule has 21 heavy (non-hydrogen) atoms. The number of hydrogen-bond acceptors (Lipinski definition) is 3. The second-order valence-corrected chi connectivity index (χ2v) is 6.94. The smallest absolute Gasteiger partial charge is 0.216 e. The first kappa shape index (κ1) is 15.4. The van der Waals surface area contributed by atoms with E-state index in [1.54, 1.807) is 30.3 Å². The van der Waals surface area contributed by atoms with Gasteiger partial charge in [-0.25, -0.2) is 12.8 Å². The van der Waals surface area contributed by atoms with Crippen molar-refractivity contribution in [3.8, 4) is 6.07 Å². The zero-order valence-electron chi connectivity index (χ0n) is 10.6. The van der Waals surface area contributed by atoms with Crippen LogP contribution in [0.2, 0.25) is 0 Å². The van der Waals surface area contributed by atoms with Crippen molar-refractivity contribution in [1.29, 1.82) is 5.26 Å². The van der Waals surface area contributed by atoms with Gasteiger partial charge in [-0.15, -0.1) is 0 Å². The number of nitrogens with zero attached hydrogens (tertiary/aromatic N) is 1. The van der Waals surface area contributed by atoms with Crippen molar-refractivity contribution in [1.82, 2.24) is 0 Å². The molecule has 0 atom stereocenters. The summed E-state index contributed by atoms with van der Waals surface area (Å²) in [5.41, 5.74) is 0.0363. The number of benzene rings is 2. The summed E-state index contributed by atoms with van der Waals surface area (Å²) in [6.45, 7) is 0. The number of allylic oxidation sites excluding steroid dienone is 1. The highest BCUT2D eigenvalue weighted by molar-refractivity contribution is 9.10. The Bertz CT molecular complexity index is 840. The summed E-state index contributed by atoms with van der Waals surface area (Å²) in [6.07, 6.45) is 1.03. The first-order chi connectivity index (χ1) is 9.95. The Morgan fingerprint density at radius 1 is 1.19 bits per heavy atom. The standard InChI is InChI=1S/C15H9BrFNO2S/c16-12-7-6-11(15(17)9-12)8-14(10-18)21(19,20)13-4-2-1-3-5-13/h1-9H. The Balaban J connectivity index is 2.54. The molecule has 0 radical (unpaired) electrons. The maximum absolute atomic E-state index is 13.8. The molecule has 0 fully saturated rings. The van der Waals surface area contributed by atoms with Gasteiger partial charge in [0, 0.05) is 10.0 Å². The largest absolute Gasteiger partial charge is 0.218 e. The SMILES string of the molecule is N#CC(=Cc1ccc(Br)cc1F)S(=O)(=O)c1ccccc1. The molecule has 0 aromatic heterocycles. The average molecular weight is 366 g/mol. The maximum Gasteiger partial charge on any atom is 0.216 e. The summed E-state index contributed by atoms with van der Waals surface area (Å²) in [6, 6.07) is 13.4. The van der Waals surface area contributed by atoms with Crippen molar-refractivity contribution in [2.24, 2.45) is 0 Å². The summed E-state index contributed by atoms with van der Waals surface area (Å²) >= 11 is 3.11. The number of halogens is 2. The fourth-order valence-corrected chi connectivity index (χ4v) is 3.16. The van der Waals surface area contributed by atoms with Crippen molar-refractivity contribution in [2.75, 3.05) is 0 Å². The zero-order chi connectivity index (χ0) is 15.5. The molecule has 0 aliphatic carbocycles. The molecule has 0 N–H and O–H groups in total. The molecule has 0 saturated carbocycles. The van der Waals surface area contributed by atoms with Gasteiger partial charge in [-0.3, -0.25) is 0 Å². The first-order valence-electron chi connectivity index (χ1n) is 5.82. The normalized spacial score (nSPS) is 12.0. The minimum atomic E-state index is -3.95. The molecular formula is C15H9BrFNO2S. The van der Waals surface area contributed by atoms with Gasteiger partial charge in [0.05, 0.1) is 4.90 Å². The van der Waals surface area contributed by atoms with E-state index in [4.69, 9.17) is 5.26 Å². The number of sulfone groups is 1. The first-order valence-corrected chi connectivity index (χ1v) is 8.10. The molecule has 0 unspecified atom stereocenters. The van der Waals surface area contributed by atoms with E-state index < -0.39 is 20.6 Å². The van der Waals surface area contributed by atoms with Gasteiger partial charge >= 0.3 is 0 Å². The third-order valence-corrected chi connectivity index (χ3v) is 4.88. The highest BCUT2D eigenvalue weighted by Gasteiger charge is 2.20. The quantitative estimate of drug-likeness (QED) is 0.774. The van der Waals surface area contributed by atoms with Crippen LogP contribution < -0.4 is 0 Å². The highest BCUT2D eigenvalue weighted by Crippen LogP contribution is 2.23. The van der Waals surface area contributed by atoms with E-state index >= 15 is 0 Å². The number of rotatable bonds is 3. The van der Waals surface area contributed by atoms with Gasteiger partial charge in [-0.1, -0.05) is 40.2 Å². The maximum atomic E-state index is 13.8. The predicted molar refractivity (Wildman–Crippen MR) is 81.3 cm³/mol. The third-order valence-electron chi connectivity index (χ3n) is 2.70.